The summed E-state index contributed by atoms with van der Waals surface area (Å²) in [5, 5.41) is 0. The summed E-state index contributed by atoms with van der Waals surface area (Å²) >= 11 is 0. The zero-order chi connectivity index (χ0) is 16.8. The van der Waals surface area contributed by atoms with Crippen LogP contribution in [0.2, 0.25) is 0 Å². The molecule has 0 unspecified atom stereocenters. The van der Waals surface area contributed by atoms with Crippen molar-refractivity contribution in [2.45, 2.75) is 38.1 Å². The van der Waals surface area contributed by atoms with E-state index < -0.39 is 19.9 Å². The standard InChI is InChI=1S/C14H23NO5S2/c1-4-12(3)15-22(18,19)14-8-6-13(7-9-14)20-10-11-21(16,17)5-2/h6-9,12,15H,4-5,10-11H2,1-3H3/t12-/m1/s1. The highest BCUT2D eigenvalue weighted by atomic mass is 32.2. The second kappa shape index (κ2) is 7.94. The van der Waals surface area contributed by atoms with Crippen LogP contribution in [0.3, 0.4) is 0 Å². The van der Waals surface area contributed by atoms with E-state index in [1.165, 1.54) is 24.3 Å². The largest absolute Gasteiger partial charge is 0.493 e. The first-order chi connectivity index (χ1) is 10.2. The van der Waals surface area contributed by atoms with E-state index in [-0.39, 0.29) is 29.0 Å². The first-order valence-corrected chi connectivity index (χ1v) is 10.5. The van der Waals surface area contributed by atoms with Crippen molar-refractivity contribution in [1.82, 2.24) is 4.72 Å². The van der Waals surface area contributed by atoms with Crippen molar-refractivity contribution in [1.29, 1.82) is 0 Å². The predicted molar refractivity (Wildman–Crippen MR) is 86.3 cm³/mol. The Hall–Kier alpha value is -1.12. The van der Waals surface area contributed by atoms with Crippen molar-refractivity contribution in [2.75, 3.05) is 18.1 Å². The van der Waals surface area contributed by atoms with Crippen molar-refractivity contribution < 1.29 is 21.6 Å². The van der Waals surface area contributed by atoms with E-state index in [9.17, 15) is 16.8 Å². The molecule has 0 radical (unpaired) electrons. The van der Waals surface area contributed by atoms with Gasteiger partial charge in [0.2, 0.25) is 10.0 Å². The van der Waals surface area contributed by atoms with Crippen LogP contribution in [0, 0.1) is 0 Å². The molecule has 0 aliphatic rings. The molecule has 0 saturated heterocycles. The number of rotatable bonds is 9. The molecule has 126 valence electrons. The maximum absolute atomic E-state index is 12.1. The third-order valence-electron chi connectivity index (χ3n) is 3.21. The van der Waals surface area contributed by atoms with Gasteiger partial charge in [-0.1, -0.05) is 13.8 Å². The fourth-order valence-electron chi connectivity index (χ4n) is 1.56. The summed E-state index contributed by atoms with van der Waals surface area (Å²) in [6.07, 6.45) is 0.701. The van der Waals surface area contributed by atoms with Crippen molar-refractivity contribution in [2.24, 2.45) is 0 Å². The van der Waals surface area contributed by atoms with E-state index in [1.807, 2.05) is 6.92 Å². The van der Waals surface area contributed by atoms with Crippen molar-refractivity contribution in [3.05, 3.63) is 24.3 Å². The number of hydrogen-bond acceptors (Lipinski definition) is 5. The van der Waals surface area contributed by atoms with Gasteiger partial charge in [-0.05, 0) is 37.6 Å². The minimum atomic E-state index is -3.54. The lowest BCUT2D eigenvalue weighted by molar-refractivity contribution is 0.340. The lowest BCUT2D eigenvalue weighted by atomic mass is 10.3. The highest BCUT2D eigenvalue weighted by Crippen LogP contribution is 2.16. The summed E-state index contributed by atoms with van der Waals surface area (Å²) in [6, 6.07) is 5.77. The molecule has 0 saturated carbocycles. The molecule has 1 N–H and O–H groups in total. The van der Waals surface area contributed by atoms with Crippen LogP contribution in [0.15, 0.2) is 29.2 Å². The molecule has 22 heavy (non-hydrogen) atoms. The average molecular weight is 349 g/mol. The summed E-state index contributed by atoms with van der Waals surface area (Å²) in [4.78, 5) is 0.154. The molecular weight excluding hydrogens is 326 g/mol. The summed E-state index contributed by atoms with van der Waals surface area (Å²) in [6.45, 7) is 5.32. The normalized spacial score (nSPS) is 13.8. The van der Waals surface area contributed by atoms with E-state index in [2.05, 4.69) is 4.72 Å². The third-order valence-corrected chi connectivity index (χ3v) is 6.48. The SMILES string of the molecule is CC[C@@H](C)NS(=O)(=O)c1ccc(OCCS(=O)(=O)CC)cc1. The highest BCUT2D eigenvalue weighted by molar-refractivity contribution is 7.91. The fourth-order valence-corrected chi connectivity index (χ4v) is 3.51. The Kier molecular flexibility index (Phi) is 6.83. The van der Waals surface area contributed by atoms with Gasteiger partial charge >= 0.3 is 0 Å². The van der Waals surface area contributed by atoms with Gasteiger partial charge in [-0.15, -0.1) is 0 Å². The van der Waals surface area contributed by atoms with E-state index in [1.54, 1.807) is 13.8 Å². The van der Waals surface area contributed by atoms with Gasteiger partial charge in [-0.2, -0.15) is 0 Å². The minimum absolute atomic E-state index is 0.0490. The first-order valence-electron chi connectivity index (χ1n) is 7.15. The summed E-state index contributed by atoms with van der Waals surface area (Å²) in [7, 11) is -6.61. The van der Waals surface area contributed by atoms with Crippen LogP contribution in [-0.4, -0.2) is 41.0 Å². The zero-order valence-corrected chi connectivity index (χ0v) is 14.7. The van der Waals surface area contributed by atoms with Crippen LogP contribution >= 0.6 is 0 Å². The smallest absolute Gasteiger partial charge is 0.240 e. The Morgan fingerprint density at radius 2 is 1.68 bits per heavy atom. The molecule has 0 aromatic heterocycles. The molecule has 0 aliphatic heterocycles. The molecule has 1 aromatic carbocycles. The maximum Gasteiger partial charge on any atom is 0.240 e. The zero-order valence-electron chi connectivity index (χ0n) is 13.1. The predicted octanol–water partition coefficient (Wildman–Crippen LogP) is 1.58. The lowest BCUT2D eigenvalue weighted by Gasteiger charge is -2.12. The molecule has 0 fully saturated rings. The molecule has 0 bridgehead atoms. The Bertz CT molecular complexity index is 666. The van der Waals surface area contributed by atoms with Crippen molar-refractivity contribution in [3.63, 3.8) is 0 Å². The first kappa shape index (κ1) is 18.9. The van der Waals surface area contributed by atoms with Crippen LogP contribution in [0.1, 0.15) is 27.2 Å². The van der Waals surface area contributed by atoms with Gasteiger partial charge < -0.3 is 4.74 Å². The summed E-state index contributed by atoms with van der Waals surface area (Å²) in [5.74, 6) is 0.460. The van der Waals surface area contributed by atoms with Crippen LogP contribution in [0.25, 0.3) is 0 Å². The van der Waals surface area contributed by atoms with Gasteiger partial charge in [0.15, 0.2) is 9.84 Å². The molecule has 1 aromatic rings. The van der Waals surface area contributed by atoms with Crippen molar-refractivity contribution >= 4 is 19.9 Å². The van der Waals surface area contributed by atoms with Crippen LogP contribution in [0.5, 0.6) is 5.75 Å². The van der Waals surface area contributed by atoms with Gasteiger partial charge in [0, 0.05) is 11.8 Å². The van der Waals surface area contributed by atoms with Crippen LogP contribution < -0.4 is 9.46 Å². The molecule has 0 spiro atoms. The molecule has 0 amide bonds. The lowest BCUT2D eigenvalue weighted by Crippen LogP contribution is -2.31. The molecular formula is C14H23NO5S2. The van der Waals surface area contributed by atoms with Crippen LogP contribution in [0.4, 0.5) is 0 Å². The van der Waals surface area contributed by atoms with Gasteiger partial charge in [-0.25, -0.2) is 21.6 Å². The third kappa shape index (κ3) is 5.94. The number of sulfonamides is 1. The molecule has 0 heterocycles. The number of nitrogens with one attached hydrogen (secondary N) is 1. The topological polar surface area (TPSA) is 89.5 Å². The molecule has 0 aliphatic carbocycles. The molecule has 6 nitrogen and oxygen atoms in total. The fraction of sp³-hybridized carbons (Fsp3) is 0.571. The number of benzene rings is 1. The Balaban J connectivity index is 2.67. The maximum atomic E-state index is 12.1. The van der Waals surface area contributed by atoms with Gasteiger partial charge in [0.05, 0.1) is 10.6 Å². The quantitative estimate of drug-likeness (QED) is 0.731. The highest BCUT2D eigenvalue weighted by Gasteiger charge is 2.16. The molecule has 1 rings (SSSR count). The van der Waals surface area contributed by atoms with E-state index >= 15 is 0 Å². The Labute approximate surface area is 132 Å². The van der Waals surface area contributed by atoms with Gasteiger partial charge in [-0.3, -0.25) is 0 Å². The van der Waals surface area contributed by atoms with E-state index in [0.29, 0.717) is 12.2 Å². The van der Waals surface area contributed by atoms with Crippen LogP contribution in [-0.2, 0) is 19.9 Å². The van der Waals surface area contributed by atoms with Crippen molar-refractivity contribution in [3.8, 4) is 5.75 Å². The minimum Gasteiger partial charge on any atom is -0.493 e. The second-order valence-corrected chi connectivity index (χ2v) is 9.17. The monoisotopic (exact) mass is 349 g/mol. The Morgan fingerprint density at radius 3 is 2.18 bits per heavy atom. The molecule has 1 atom stereocenters. The summed E-state index contributed by atoms with van der Waals surface area (Å²) < 4.78 is 54.7. The number of hydrogen-bond donors (Lipinski definition) is 1. The second-order valence-electron chi connectivity index (χ2n) is 4.99. The number of sulfone groups is 1. The molecule has 8 heteroatoms. The number of ether oxygens (including phenoxy) is 1. The van der Waals surface area contributed by atoms with Gasteiger partial charge in [0.1, 0.15) is 12.4 Å². The Morgan fingerprint density at radius 1 is 1.09 bits per heavy atom. The average Bonchev–Trinajstić information content (AvgIpc) is 2.47. The van der Waals surface area contributed by atoms with E-state index in [4.69, 9.17) is 4.74 Å². The van der Waals surface area contributed by atoms with Gasteiger partial charge in [0.25, 0.3) is 0 Å². The van der Waals surface area contributed by atoms with E-state index in [0.717, 1.165) is 0 Å². The summed E-state index contributed by atoms with van der Waals surface area (Å²) in [5.41, 5.74) is 0.